The summed E-state index contributed by atoms with van der Waals surface area (Å²) in [6.07, 6.45) is 4.91. The number of ketones is 1. The van der Waals surface area contributed by atoms with Crippen LogP contribution in [0.2, 0.25) is 0 Å². The lowest BCUT2D eigenvalue weighted by Crippen LogP contribution is -2.52. The van der Waals surface area contributed by atoms with E-state index in [4.69, 9.17) is 4.42 Å². The molecule has 21 heavy (non-hydrogen) atoms. The minimum Gasteiger partial charge on any atom is -0.450 e. The van der Waals surface area contributed by atoms with Gasteiger partial charge in [0.1, 0.15) is 0 Å². The van der Waals surface area contributed by atoms with Crippen LogP contribution in [0.5, 0.6) is 0 Å². The first-order chi connectivity index (χ1) is 10.0. The monoisotopic (exact) mass is 289 g/mol. The van der Waals surface area contributed by atoms with Crippen molar-refractivity contribution in [1.29, 1.82) is 0 Å². The lowest BCUT2D eigenvalue weighted by molar-refractivity contribution is 0.0536. The summed E-state index contributed by atoms with van der Waals surface area (Å²) in [5, 5.41) is 0.642. The Balaban J connectivity index is 2.04. The van der Waals surface area contributed by atoms with Gasteiger partial charge in [-0.15, -0.1) is 0 Å². The molecule has 0 spiro atoms. The van der Waals surface area contributed by atoms with Gasteiger partial charge in [0.15, 0.2) is 17.2 Å². The Hall–Kier alpha value is -1.68. The maximum atomic E-state index is 13.7. The van der Waals surface area contributed by atoms with Crippen molar-refractivity contribution in [2.24, 2.45) is 0 Å². The van der Waals surface area contributed by atoms with Crippen molar-refractivity contribution in [1.82, 2.24) is 4.90 Å². The number of furan rings is 1. The number of nitrogens with zero attached hydrogens (tertiary/aromatic N) is 1. The normalized spacial score (nSPS) is 18.3. The number of para-hydroxylation sites is 1. The molecule has 1 heterocycles. The Morgan fingerprint density at radius 3 is 2.57 bits per heavy atom. The van der Waals surface area contributed by atoms with Crippen LogP contribution in [0.1, 0.15) is 42.7 Å². The van der Waals surface area contributed by atoms with Gasteiger partial charge in [0.25, 0.3) is 0 Å². The average Bonchev–Trinajstić information content (AvgIpc) is 2.92. The third kappa shape index (κ3) is 2.27. The molecule has 0 aliphatic heterocycles. The second kappa shape index (κ2) is 5.26. The number of halogens is 1. The van der Waals surface area contributed by atoms with Gasteiger partial charge in [-0.05, 0) is 39.1 Å². The molecule has 0 bridgehead atoms. The zero-order valence-electron chi connectivity index (χ0n) is 12.5. The lowest BCUT2D eigenvalue weighted by atomic mass is 9.77. The second-order valence-corrected chi connectivity index (χ2v) is 6.08. The van der Waals surface area contributed by atoms with Gasteiger partial charge in [0.2, 0.25) is 5.78 Å². The van der Waals surface area contributed by atoms with Gasteiger partial charge < -0.3 is 4.42 Å². The van der Waals surface area contributed by atoms with Gasteiger partial charge in [-0.2, -0.15) is 0 Å². The number of Topliss-reactive ketones (excluding diaryl/α,β-unsaturated/α-hetero) is 1. The molecule has 0 radical (unpaired) electrons. The number of carbonyl (C=O) groups is 1. The van der Waals surface area contributed by atoms with E-state index in [1.807, 2.05) is 19.0 Å². The van der Waals surface area contributed by atoms with Crippen molar-refractivity contribution in [3.05, 3.63) is 35.8 Å². The molecular weight excluding hydrogens is 269 g/mol. The molecule has 0 unspecified atom stereocenters. The molecule has 0 saturated heterocycles. The summed E-state index contributed by atoms with van der Waals surface area (Å²) < 4.78 is 19.3. The standard InChI is InChI=1S/C17H20FNO2/c1-19(2)17(9-4-3-5-10-17)16(20)14-11-12-7-6-8-13(18)15(12)21-14/h6-8,11H,3-5,9-10H2,1-2H3. The first-order valence-electron chi connectivity index (χ1n) is 7.45. The summed E-state index contributed by atoms with van der Waals surface area (Å²) >= 11 is 0. The van der Waals surface area contributed by atoms with Gasteiger partial charge in [0.05, 0.1) is 5.54 Å². The molecule has 0 amide bonds. The summed E-state index contributed by atoms with van der Waals surface area (Å²) in [5.74, 6) is -0.178. The van der Waals surface area contributed by atoms with Crippen molar-refractivity contribution >= 4 is 16.8 Å². The number of rotatable bonds is 3. The minimum atomic E-state index is -0.511. The third-order valence-electron chi connectivity index (χ3n) is 4.68. The highest BCUT2D eigenvalue weighted by Gasteiger charge is 2.43. The zero-order chi connectivity index (χ0) is 15.0. The van der Waals surface area contributed by atoms with E-state index in [1.54, 1.807) is 18.2 Å². The van der Waals surface area contributed by atoms with Gasteiger partial charge in [-0.1, -0.05) is 31.4 Å². The largest absolute Gasteiger partial charge is 0.450 e. The van der Waals surface area contributed by atoms with E-state index in [2.05, 4.69) is 0 Å². The third-order valence-corrected chi connectivity index (χ3v) is 4.68. The Morgan fingerprint density at radius 1 is 1.24 bits per heavy atom. The number of fused-ring (bicyclic) bond motifs is 1. The number of likely N-dealkylation sites (N-methyl/N-ethyl adjacent to an activating group) is 1. The second-order valence-electron chi connectivity index (χ2n) is 6.08. The Kier molecular flexibility index (Phi) is 3.57. The van der Waals surface area contributed by atoms with E-state index in [1.165, 1.54) is 6.07 Å². The fourth-order valence-electron chi connectivity index (χ4n) is 3.38. The van der Waals surface area contributed by atoms with E-state index >= 15 is 0 Å². The molecule has 2 aromatic rings. The summed E-state index contributed by atoms with van der Waals surface area (Å²) in [7, 11) is 3.87. The molecule has 0 N–H and O–H groups in total. The summed E-state index contributed by atoms with van der Waals surface area (Å²) in [4.78, 5) is 15.0. The SMILES string of the molecule is CN(C)C1(C(=O)c2cc3cccc(F)c3o2)CCCCC1. The van der Waals surface area contributed by atoms with Crippen LogP contribution in [0, 0.1) is 5.82 Å². The van der Waals surface area contributed by atoms with Crippen molar-refractivity contribution < 1.29 is 13.6 Å². The number of hydrogen-bond acceptors (Lipinski definition) is 3. The van der Waals surface area contributed by atoms with Crippen LogP contribution in [-0.4, -0.2) is 30.3 Å². The van der Waals surface area contributed by atoms with Crippen molar-refractivity contribution in [2.75, 3.05) is 14.1 Å². The van der Waals surface area contributed by atoms with Crippen LogP contribution in [0.15, 0.2) is 28.7 Å². The molecule has 3 nitrogen and oxygen atoms in total. The first-order valence-corrected chi connectivity index (χ1v) is 7.45. The highest BCUT2D eigenvalue weighted by molar-refractivity contribution is 6.03. The summed E-state index contributed by atoms with van der Waals surface area (Å²) in [6.45, 7) is 0. The van der Waals surface area contributed by atoms with Crippen LogP contribution in [0.4, 0.5) is 4.39 Å². The van der Waals surface area contributed by atoms with E-state index in [0.29, 0.717) is 5.39 Å². The van der Waals surface area contributed by atoms with Gasteiger partial charge >= 0.3 is 0 Å². The van der Waals surface area contributed by atoms with E-state index in [0.717, 1.165) is 32.1 Å². The molecule has 1 aliphatic carbocycles. The number of carbonyl (C=O) groups excluding carboxylic acids is 1. The van der Waals surface area contributed by atoms with Gasteiger partial charge in [-0.3, -0.25) is 9.69 Å². The minimum absolute atomic E-state index is 0.0252. The van der Waals surface area contributed by atoms with Crippen LogP contribution in [0.3, 0.4) is 0 Å². The zero-order valence-corrected chi connectivity index (χ0v) is 12.5. The van der Waals surface area contributed by atoms with Crippen molar-refractivity contribution in [3.8, 4) is 0 Å². The van der Waals surface area contributed by atoms with Gasteiger partial charge in [-0.25, -0.2) is 4.39 Å². The maximum absolute atomic E-state index is 13.7. The van der Waals surface area contributed by atoms with E-state index in [9.17, 15) is 9.18 Å². The van der Waals surface area contributed by atoms with Crippen LogP contribution in [0.25, 0.3) is 11.0 Å². The quantitative estimate of drug-likeness (QED) is 0.800. The van der Waals surface area contributed by atoms with Crippen LogP contribution >= 0.6 is 0 Å². The smallest absolute Gasteiger partial charge is 0.218 e. The fraction of sp³-hybridized carbons (Fsp3) is 0.471. The molecule has 1 fully saturated rings. The molecule has 1 aliphatic rings. The average molecular weight is 289 g/mol. The Morgan fingerprint density at radius 2 is 1.95 bits per heavy atom. The predicted octanol–water partition coefficient (Wildman–Crippen LogP) is 4.02. The molecule has 112 valence electrons. The number of hydrogen-bond donors (Lipinski definition) is 0. The predicted molar refractivity (Wildman–Crippen MR) is 80.0 cm³/mol. The summed E-state index contributed by atoms with van der Waals surface area (Å²) in [6, 6.07) is 6.41. The molecule has 1 saturated carbocycles. The van der Waals surface area contributed by atoms with E-state index < -0.39 is 11.4 Å². The molecule has 1 aromatic heterocycles. The van der Waals surface area contributed by atoms with Crippen LogP contribution in [-0.2, 0) is 0 Å². The van der Waals surface area contributed by atoms with E-state index in [-0.39, 0.29) is 17.1 Å². The van der Waals surface area contributed by atoms with Crippen LogP contribution < -0.4 is 0 Å². The van der Waals surface area contributed by atoms with Crippen molar-refractivity contribution in [3.63, 3.8) is 0 Å². The van der Waals surface area contributed by atoms with Gasteiger partial charge in [0, 0.05) is 5.39 Å². The summed E-state index contributed by atoms with van der Waals surface area (Å²) in [5.41, 5.74) is -0.339. The molecular formula is C17H20FNO2. The maximum Gasteiger partial charge on any atom is 0.218 e. The Bertz CT molecular complexity index is 668. The lowest BCUT2D eigenvalue weighted by Gasteiger charge is -2.40. The molecule has 0 atom stereocenters. The van der Waals surface area contributed by atoms with Crippen molar-refractivity contribution in [2.45, 2.75) is 37.6 Å². The molecule has 1 aromatic carbocycles. The topological polar surface area (TPSA) is 33.5 Å². The molecule has 3 rings (SSSR count). The molecule has 4 heteroatoms. The number of benzene rings is 1. The highest BCUT2D eigenvalue weighted by atomic mass is 19.1. The Labute approximate surface area is 123 Å². The highest BCUT2D eigenvalue weighted by Crippen LogP contribution is 2.36. The fourth-order valence-corrected chi connectivity index (χ4v) is 3.38. The first kappa shape index (κ1) is 14.3.